The van der Waals surface area contributed by atoms with Crippen molar-refractivity contribution in [2.75, 3.05) is 26.3 Å². The third-order valence-electron chi connectivity index (χ3n) is 2.42. The minimum absolute atomic E-state index is 0.121. The zero-order valence-electron chi connectivity index (χ0n) is 8.60. The van der Waals surface area contributed by atoms with Crippen molar-refractivity contribution in [2.45, 2.75) is 4.90 Å². The lowest BCUT2D eigenvalue weighted by molar-refractivity contribution is 0.0730. The molecule has 0 atom stereocenters. The maximum atomic E-state index is 12.7. The minimum Gasteiger partial charge on any atom is -0.379 e. The predicted molar refractivity (Wildman–Crippen MR) is 56.0 cm³/mol. The molecule has 6 heteroatoms. The number of hydrogen-bond donors (Lipinski definition) is 0. The van der Waals surface area contributed by atoms with Gasteiger partial charge in [-0.3, -0.25) is 0 Å². The molecule has 0 amide bonds. The summed E-state index contributed by atoms with van der Waals surface area (Å²) in [6, 6.07) is 4.85. The van der Waals surface area contributed by atoms with Gasteiger partial charge in [0.25, 0.3) is 0 Å². The first-order chi connectivity index (χ1) is 7.60. The SMILES string of the molecule is O=S(=O)(c1ccc([18F])cc1)N1CCOCC1. The Bertz CT molecular complexity index is 451. The van der Waals surface area contributed by atoms with Gasteiger partial charge in [-0.25, -0.2) is 12.8 Å². The summed E-state index contributed by atoms with van der Waals surface area (Å²) in [7, 11) is -3.49. The molecule has 0 radical (unpaired) electrons. The van der Waals surface area contributed by atoms with Gasteiger partial charge in [-0.1, -0.05) is 0 Å². The highest BCUT2D eigenvalue weighted by molar-refractivity contribution is 7.89. The summed E-state index contributed by atoms with van der Waals surface area (Å²) in [5.74, 6) is -0.444. The van der Waals surface area contributed by atoms with Crippen molar-refractivity contribution in [3.63, 3.8) is 0 Å². The van der Waals surface area contributed by atoms with Crippen LogP contribution in [0.4, 0.5) is 4.39 Å². The lowest BCUT2D eigenvalue weighted by Gasteiger charge is -2.25. The molecule has 1 aliphatic rings. The average molecular weight is 244 g/mol. The molecule has 1 fully saturated rings. The van der Waals surface area contributed by atoms with E-state index < -0.39 is 15.8 Å². The van der Waals surface area contributed by atoms with Crippen LogP contribution < -0.4 is 0 Å². The second-order valence-electron chi connectivity index (χ2n) is 3.47. The quantitative estimate of drug-likeness (QED) is 0.774. The van der Waals surface area contributed by atoms with Gasteiger partial charge >= 0.3 is 0 Å². The second kappa shape index (κ2) is 4.48. The van der Waals surface area contributed by atoms with Crippen LogP contribution in [0, 0.1) is 5.82 Å². The molecule has 4 nitrogen and oxygen atoms in total. The summed E-state index contributed by atoms with van der Waals surface area (Å²) in [6.45, 7) is 1.50. The van der Waals surface area contributed by atoms with Crippen LogP contribution in [-0.4, -0.2) is 39.0 Å². The number of ether oxygens (including phenoxy) is 1. The van der Waals surface area contributed by atoms with Crippen molar-refractivity contribution in [1.29, 1.82) is 0 Å². The standard InChI is InChI=1S/C10H12FNO3S/c11-9-1-3-10(4-2-9)16(13,14)12-5-7-15-8-6-12/h1-4H,5-8H2/i11-1. The van der Waals surface area contributed by atoms with Gasteiger partial charge in [-0.15, -0.1) is 0 Å². The van der Waals surface area contributed by atoms with Crippen LogP contribution in [0.1, 0.15) is 0 Å². The summed E-state index contributed by atoms with van der Waals surface area (Å²) >= 11 is 0. The van der Waals surface area contributed by atoms with Gasteiger partial charge in [0.15, 0.2) is 0 Å². The summed E-state index contributed by atoms with van der Waals surface area (Å²) in [5, 5.41) is 0. The molecule has 0 unspecified atom stereocenters. The van der Waals surface area contributed by atoms with Gasteiger partial charge in [0.05, 0.1) is 18.1 Å². The molecular formula is C10H12FNO3S. The Kier molecular flexibility index (Phi) is 3.22. The normalized spacial score (nSPS) is 18.6. The highest BCUT2D eigenvalue weighted by atomic mass is 32.2. The maximum absolute atomic E-state index is 12.7. The van der Waals surface area contributed by atoms with Gasteiger partial charge < -0.3 is 4.74 Å². The van der Waals surface area contributed by atoms with E-state index in [0.29, 0.717) is 26.3 Å². The lowest BCUT2D eigenvalue weighted by Crippen LogP contribution is -2.40. The number of hydrogen-bond acceptors (Lipinski definition) is 3. The summed E-state index contributed by atoms with van der Waals surface area (Å²) in [6.07, 6.45) is 0. The van der Waals surface area contributed by atoms with Crippen LogP contribution in [0.2, 0.25) is 0 Å². The fraction of sp³-hybridized carbons (Fsp3) is 0.400. The number of halogens is 1. The van der Waals surface area contributed by atoms with Crippen molar-refractivity contribution in [3.05, 3.63) is 30.1 Å². The molecule has 1 aromatic rings. The summed E-state index contributed by atoms with van der Waals surface area (Å²) in [5.41, 5.74) is 0. The first kappa shape index (κ1) is 11.5. The Morgan fingerprint density at radius 3 is 2.25 bits per heavy atom. The summed E-state index contributed by atoms with van der Waals surface area (Å²) in [4.78, 5) is 0.121. The van der Waals surface area contributed by atoms with Crippen LogP contribution in [0.5, 0.6) is 0 Å². The molecule has 1 aromatic carbocycles. The van der Waals surface area contributed by atoms with Crippen molar-refractivity contribution < 1.29 is 17.5 Å². The first-order valence-corrected chi connectivity index (χ1v) is 6.38. The Morgan fingerprint density at radius 1 is 1.12 bits per heavy atom. The zero-order chi connectivity index (χ0) is 11.6. The van der Waals surface area contributed by atoms with Gasteiger partial charge in [0.1, 0.15) is 5.82 Å². The third kappa shape index (κ3) is 2.23. The smallest absolute Gasteiger partial charge is 0.243 e. The number of benzene rings is 1. The van der Waals surface area contributed by atoms with Crippen LogP contribution in [0.3, 0.4) is 0 Å². The minimum atomic E-state index is -3.49. The molecular weight excluding hydrogens is 232 g/mol. The highest BCUT2D eigenvalue weighted by Crippen LogP contribution is 2.17. The van der Waals surface area contributed by atoms with Gasteiger partial charge in [0.2, 0.25) is 10.0 Å². The van der Waals surface area contributed by atoms with Gasteiger partial charge in [0, 0.05) is 13.1 Å². The molecule has 0 saturated carbocycles. The molecule has 1 heterocycles. The molecule has 0 spiro atoms. The molecule has 16 heavy (non-hydrogen) atoms. The fourth-order valence-corrected chi connectivity index (χ4v) is 2.95. The van der Waals surface area contributed by atoms with E-state index in [0.717, 1.165) is 12.1 Å². The molecule has 1 aliphatic heterocycles. The van der Waals surface area contributed by atoms with E-state index in [9.17, 15) is 12.8 Å². The number of nitrogens with zero attached hydrogens (tertiary/aromatic N) is 1. The van der Waals surface area contributed by atoms with Crippen LogP contribution in [-0.2, 0) is 14.8 Å². The Labute approximate surface area is 93.7 Å². The molecule has 0 aromatic heterocycles. The predicted octanol–water partition coefficient (Wildman–Crippen LogP) is 0.847. The Hall–Kier alpha value is -0.980. The number of morpholine rings is 1. The van der Waals surface area contributed by atoms with Gasteiger partial charge in [-0.2, -0.15) is 4.31 Å². The molecule has 2 rings (SSSR count). The monoisotopic (exact) mass is 244 g/mol. The molecule has 0 N–H and O–H groups in total. The number of sulfonamides is 1. The lowest BCUT2D eigenvalue weighted by atomic mass is 10.3. The van der Waals surface area contributed by atoms with Crippen molar-refractivity contribution >= 4 is 10.0 Å². The van der Waals surface area contributed by atoms with E-state index in [-0.39, 0.29) is 4.90 Å². The topological polar surface area (TPSA) is 46.6 Å². The van der Waals surface area contributed by atoms with Crippen molar-refractivity contribution in [3.8, 4) is 0 Å². The molecule has 88 valence electrons. The number of rotatable bonds is 2. The molecule has 1 saturated heterocycles. The largest absolute Gasteiger partial charge is 0.379 e. The Balaban J connectivity index is 2.27. The highest BCUT2D eigenvalue weighted by Gasteiger charge is 2.25. The van der Waals surface area contributed by atoms with Gasteiger partial charge in [-0.05, 0) is 24.3 Å². The maximum Gasteiger partial charge on any atom is 0.243 e. The average Bonchev–Trinajstić information content (AvgIpc) is 2.31. The summed E-state index contributed by atoms with van der Waals surface area (Å²) < 4.78 is 43.2. The van der Waals surface area contributed by atoms with E-state index in [1.165, 1.54) is 16.4 Å². The van der Waals surface area contributed by atoms with E-state index >= 15 is 0 Å². The zero-order valence-corrected chi connectivity index (χ0v) is 9.41. The molecule has 0 bridgehead atoms. The van der Waals surface area contributed by atoms with Crippen LogP contribution in [0.15, 0.2) is 29.2 Å². The van der Waals surface area contributed by atoms with Crippen molar-refractivity contribution in [2.24, 2.45) is 0 Å². The van der Waals surface area contributed by atoms with E-state index in [2.05, 4.69) is 0 Å². The second-order valence-corrected chi connectivity index (χ2v) is 5.41. The van der Waals surface area contributed by atoms with E-state index in [4.69, 9.17) is 4.74 Å². The third-order valence-corrected chi connectivity index (χ3v) is 4.33. The van der Waals surface area contributed by atoms with E-state index in [1.54, 1.807) is 0 Å². The van der Waals surface area contributed by atoms with Crippen molar-refractivity contribution in [1.82, 2.24) is 4.31 Å². The fourth-order valence-electron chi connectivity index (χ4n) is 1.54. The van der Waals surface area contributed by atoms with Crippen LogP contribution in [0.25, 0.3) is 0 Å². The van der Waals surface area contributed by atoms with E-state index in [1.807, 2.05) is 0 Å². The first-order valence-electron chi connectivity index (χ1n) is 4.94. The van der Waals surface area contributed by atoms with Crippen LogP contribution >= 0.6 is 0 Å². The Morgan fingerprint density at radius 2 is 1.69 bits per heavy atom. The molecule has 0 aliphatic carbocycles.